The Morgan fingerprint density at radius 2 is 1.92 bits per heavy atom. The summed E-state index contributed by atoms with van der Waals surface area (Å²) in [4.78, 5) is 41.2. The number of ether oxygens (including phenoxy) is 1. The number of carbonyl (C=O) groups is 3. The Morgan fingerprint density at radius 3 is 2.55 bits per heavy atom. The van der Waals surface area contributed by atoms with E-state index >= 15 is 0 Å². The number of rotatable bonds is 9. The van der Waals surface area contributed by atoms with Crippen LogP contribution in [0.2, 0.25) is 0 Å². The van der Waals surface area contributed by atoms with Gasteiger partial charge in [-0.2, -0.15) is 0 Å². The quantitative estimate of drug-likeness (QED) is 0.438. The predicted molar refractivity (Wildman–Crippen MR) is 140 cm³/mol. The van der Waals surface area contributed by atoms with Gasteiger partial charge in [0.05, 0.1) is 23.5 Å². The second kappa shape index (κ2) is 11.7. The fourth-order valence-electron chi connectivity index (χ4n) is 6.53. The maximum Gasteiger partial charge on any atom is 0.243 e. The lowest BCUT2D eigenvalue weighted by Gasteiger charge is -2.39. The molecule has 3 fully saturated rings. The van der Waals surface area contributed by atoms with Crippen molar-refractivity contribution in [1.82, 2.24) is 25.2 Å². The molecule has 0 radical (unpaired) electrons. The molecule has 0 spiro atoms. The van der Waals surface area contributed by atoms with E-state index < -0.39 is 23.1 Å². The maximum atomic E-state index is 13.8. The van der Waals surface area contributed by atoms with Crippen molar-refractivity contribution in [3.8, 4) is 0 Å². The molecule has 212 valence electrons. The van der Waals surface area contributed by atoms with E-state index in [-0.39, 0.29) is 30.2 Å². The number of likely N-dealkylation sites (tertiary alicyclic amines) is 1. The number of hydrogen-bond acceptors (Lipinski definition) is 7. The Hall–Kier alpha value is -2.53. The van der Waals surface area contributed by atoms with Gasteiger partial charge in [-0.3, -0.25) is 14.4 Å². The van der Waals surface area contributed by atoms with E-state index in [4.69, 9.17) is 10.5 Å². The van der Waals surface area contributed by atoms with Crippen LogP contribution in [0.15, 0.2) is 6.20 Å². The topological polar surface area (TPSA) is 153 Å². The minimum Gasteiger partial charge on any atom is -0.384 e. The van der Waals surface area contributed by atoms with E-state index in [1.165, 1.54) is 25.5 Å². The molecule has 3 atom stereocenters. The van der Waals surface area contributed by atoms with Crippen LogP contribution < -0.4 is 11.1 Å². The smallest absolute Gasteiger partial charge is 0.243 e. The summed E-state index contributed by atoms with van der Waals surface area (Å²) in [6.07, 6.45) is 9.63. The molecule has 3 amide bonds. The van der Waals surface area contributed by atoms with E-state index in [1.807, 2.05) is 6.92 Å². The molecule has 0 aromatic carbocycles. The molecule has 1 aromatic rings. The van der Waals surface area contributed by atoms with Crippen LogP contribution in [0.1, 0.15) is 96.7 Å². The number of carbonyl (C=O) groups excluding carboxylic acids is 3. The molecule has 2 aliphatic heterocycles. The Balaban J connectivity index is 1.57. The second-order valence-electron chi connectivity index (χ2n) is 12.2. The van der Waals surface area contributed by atoms with E-state index in [2.05, 4.69) is 15.6 Å². The van der Waals surface area contributed by atoms with E-state index in [1.54, 1.807) is 23.4 Å². The van der Waals surface area contributed by atoms with Crippen LogP contribution in [0.3, 0.4) is 0 Å². The van der Waals surface area contributed by atoms with Gasteiger partial charge in [0, 0.05) is 38.5 Å². The van der Waals surface area contributed by atoms with Crippen LogP contribution in [-0.2, 0) is 24.7 Å². The van der Waals surface area contributed by atoms with E-state index in [0.717, 1.165) is 19.3 Å². The first-order valence-electron chi connectivity index (χ1n) is 14.1. The highest BCUT2D eigenvalue weighted by molar-refractivity contribution is 5.90. The monoisotopic (exact) mass is 532 g/mol. The third-order valence-electron chi connectivity index (χ3n) is 8.60. The molecule has 0 bridgehead atoms. The van der Waals surface area contributed by atoms with Gasteiger partial charge in [0.1, 0.15) is 11.6 Å². The van der Waals surface area contributed by atoms with Gasteiger partial charge in [0.15, 0.2) is 0 Å². The summed E-state index contributed by atoms with van der Waals surface area (Å²) < 4.78 is 7.12. The van der Waals surface area contributed by atoms with E-state index in [9.17, 15) is 19.5 Å². The summed E-state index contributed by atoms with van der Waals surface area (Å²) in [5.74, 6) is -0.494. The molecule has 38 heavy (non-hydrogen) atoms. The third-order valence-corrected chi connectivity index (χ3v) is 8.60. The fraction of sp³-hybridized carbons (Fsp3) is 0.815. The van der Waals surface area contributed by atoms with Gasteiger partial charge in [-0.25, -0.2) is 4.68 Å². The van der Waals surface area contributed by atoms with Crippen LogP contribution in [0.25, 0.3) is 0 Å². The summed E-state index contributed by atoms with van der Waals surface area (Å²) in [5, 5.41) is 22.0. The highest BCUT2D eigenvalue weighted by Gasteiger charge is 2.46. The maximum absolute atomic E-state index is 13.8. The SMILES string of the molecule is C[C@H](CC1CCCCC1)C(=O)N1C[C@@H](n2nncc2C(C)(C)O)C[C@H]1C(=O)NC1(CC(N)=O)CCOCC1. The first kappa shape index (κ1) is 28.5. The van der Waals surface area contributed by atoms with Gasteiger partial charge >= 0.3 is 0 Å². The minimum absolute atomic E-state index is 0.0240. The Morgan fingerprint density at radius 1 is 1.24 bits per heavy atom. The molecular weight excluding hydrogens is 488 g/mol. The van der Waals surface area contributed by atoms with Crippen LogP contribution in [-0.4, -0.2) is 74.1 Å². The van der Waals surface area contributed by atoms with Crippen LogP contribution in [0, 0.1) is 11.8 Å². The van der Waals surface area contributed by atoms with Gasteiger partial charge in [-0.15, -0.1) is 5.10 Å². The number of aliphatic hydroxyl groups is 1. The molecule has 4 N–H and O–H groups in total. The highest BCUT2D eigenvalue weighted by atomic mass is 16.5. The highest BCUT2D eigenvalue weighted by Crippen LogP contribution is 2.35. The van der Waals surface area contributed by atoms with Crippen LogP contribution in [0.5, 0.6) is 0 Å². The summed E-state index contributed by atoms with van der Waals surface area (Å²) in [5.41, 5.74) is 4.11. The van der Waals surface area contributed by atoms with Gasteiger partial charge in [0.2, 0.25) is 17.7 Å². The lowest BCUT2D eigenvalue weighted by molar-refractivity contribution is -0.143. The van der Waals surface area contributed by atoms with Crippen molar-refractivity contribution in [2.75, 3.05) is 19.8 Å². The molecule has 11 nitrogen and oxygen atoms in total. The number of nitrogens with zero attached hydrogens (tertiary/aromatic N) is 4. The Labute approximate surface area is 224 Å². The molecule has 3 heterocycles. The number of primary amides is 1. The zero-order chi connectivity index (χ0) is 27.5. The van der Waals surface area contributed by atoms with Crippen molar-refractivity contribution >= 4 is 17.7 Å². The molecule has 1 saturated carbocycles. The van der Waals surface area contributed by atoms with Crippen LogP contribution >= 0.6 is 0 Å². The predicted octanol–water partition coefficient (Wildman–Crippen LogP) is 1.79. The lowest BCUT2D eigenvalue weighted by atomic mass is 9.83. The number of hydrogen-bond donors (Lipinski definition) is 3. The summed E-state index contributed by atoms with van der Waals surface area (Å²) in [6.45, 7) is 6.43. The average molecular weight is 533 g/mol. The third kappa shape index (κ3) is 6.54. The van der Waals surface area contributed by atoms with Gasteiger partial charge in [-0.1, -0.05) is 44.2 Å². The first-order valence-corrected chi connectivity index (χ1v) is 14.1. The first-order chi connectivity index (χ1) is 18.0. The van der Waals surface area contributed by atoms with Crippen molar-refractivity contribution in [2.45, 2.75) is 108 Å². The molecule has 0 unspecified atom stereocenters. The molecule has 1 aromatic heterocycles. The number of amides is 3. The standard InChI is InChI=1S/C27H44N6O5/c1-18(13-19-7-5-4-6-8-19)25(36)32-17-20(33-22(16-29-31-33)26(2,3)37)14-21(32)24(35)30-27(15-23(28)34)9-11-38-12-10-27/h16,18-21,37H,4-15,17H2,1-3H3,(H2,28,34)(H,30,35)/t18-,20+,21+/m1/s1. The van der Waals surface area contributed by atoms with Crippen molar-refractivity contribution < 1.29 is 24.2 Å². The van der Waals surface area contributed by atoms with Crippen LogP contribution in [0.4, 0.5) is 0 Å². The zero-order valence-corrected chi connectivity index (χ0v) is 23.0. The summed E-state index contributed by atoms with van der Waals surface area (Å²) >= 11 is 0. The summed E-state index contributed by atoms with van der Waals surface area (Å²) in [6, 6.07) is -1.05. The van der Waals surface area contributed by atoms with E-state index in [0.29, 0.717) is 50.6 Å². The second-order valence-corrected chi connectivity index (χ2v) is 12.2. The number of aromatic nitrogens is 3. The largest absolute Gasteiger partial charge is 0.384 e. The Kier molecular flexibility index (Phi) is 8.76. The summed E-state index contributed by atoms with van der Waals surface area (Å²) in [7, 11) is 0. The molecule has 1 aliphatic carbocycles. The molecule has 3 aliphatic rings. The van der Waals surface area contributed by atoms with Crippen molar-refractivity contribution in [3.63, 3.8) is 0 Å². The normalized spacial score (nSPS) is 25.2. The van der Waals surface area contributed by atoms with Gasteiger partial charge in [0.25, 0.3) is 0 Å². The number of nitrogens with two attached hydrogens (primary N) is 1. The zero-order valence-electron chi connectivity index (χ0n) is 23.0. The minimum atomic E-state index is -1.18. The molecule has 11 heteroatoms. The molecule has 2 saturated heterocycles. The Bertz CT molecular complexity index is 992. The van der Waals surface area contributed by atoms with Crippen molar-refractivity contribution in [3.05, 3.63) is 11.9 Å². The molecule has 4 rings (SSSR count). The number of nitrogens with one attached hydrogen (secondary N) is 1. The van der Waals surface area contributed by atoms with Gasteiger partial charge in [-0.05, 0) is 39.0 Å². The average Bonchev–Trinajstić information content (AvgIpc) is 3.52. The lowest BCUT2D eigenvalue weighted by Crippen LogP contribution is -2.58. The van der Waals surface area contributed by atoms with Gasteiger partial charge < -0.3 is 25.8 Å². The molecular formula is C27H44N6O5. The van der Waals surface area contributed by atoms with Crippen molar-refractivity contribution in [2.24, 2.45) is 17.6 Å². The fourth-order valence-corrected chi connectivity index (χ4v) is 6.53. The van der Waals surface area contributed by atoms with Crippen molar-refractivity contribution in [1.29, 1.82) is 0 Å².